The van der Waals surface area contributed by atoms with Crippen LogP contribution in [0.1, 0.15) is 34.8 Å². The Balaban J connectivity index is 2.04. The molecule has 0 aliphatic carbocycles. The molecule has 2 aromatic rings. The van der Waals surface area contributed by atoms with Crippen LogP contribution < -0.4 is 5.32 Å². The highest BCUT2D eigenvalue weighted by Crippen LogP contribution is 2.23. The van der Waals surface area contributed by atoms with Gasteiger partial charge in [-0.3, -0.25) is 9.48 Å². The first-order valence-corrected chi connectivity index (χ1v) is 7.63. The summed E-state index contributed by atoms with van der Waals surface area (Å²) in [6.45, 7) is 4.39. The summed E-state index contributed by atoms with van der Waals surface area (Å²) in [6, 6.07) is 6.53. The minimum absolute atomic E-state index is 0.0590. The number of nitrogens with zero attached hydrogens (tertiary/aromatic N) is 2. The van der Waals surface area contributed by atoms with Crippen molar-refractivity contribution in [1.82, 2.24) is 15.1 Å². The fourth-order valence-electron chi connectivity index (χ4n) is 2.13. The lowest BCUT2D eigenvalue weighted by Crippen LogP contribution is -2.30. The van der Waals surface area contributed by atoms with Gasteiger partial charge >= 0.3 is 0 Å². The van der Waals surface area contributed by atoms with Crippen LogP contribution in [0.5, 0.6) is 0 Å². The van der Waals surface area contributed by atoms with Crippen molar-refractivity contribution >= 4 is 29.1 Å². The molecule has 5 nitrogen and oxygen atoms in total. The van der Waals surface area contributed by atoms with Gasteiger partial charge in [0, 0.05) is 23.1 Å². The smallest absolute Gasteiger partial charge is 0.269 e. The molecule has 0 spiro atoms. The van der Waals surface area contributed by atoms with Gasteiger partial charge in [0.1, 0.15) is 5.69 Å². The van der Waals surface area contributed by atoms with E-state index >= 15 is 0 Å². The van der Waals surface area contributed by atoms with E-state index in [1.54, 1.807) is 28.9 Å². The van der Waals surface area contributed by atoms with Gasteiger partial charge < -0.3 is 10.4 Å². The summed E-state index contributed by atoms with van der Waals surface area (Å²) >= 11 is 11.8. The van der Waals surface area contributed by atoms with E-state index in [0.29, 0.717) is 27.8 Å². The lowest BCUT2D eigenvalue weighted by Gasteiger charge is -2.13. The average Bonchev–Trinajstić information content (AvgIpc) is 2.84. The molecule has 0 bridgehead atoms. The molecule has 1 atom stereocenters. The van der Waals surface area contributed by atoms with Crippen LogP contribution in [0, 0.1) is 6.92 Å². The van der Waals surface area contributed by atoms with Gasteiger partial charge in [-0.15, -0.1) is 0 Å². The molecule has 2 N–H and O–H groups in total. The Bertz CT molecular complexity index is 665. The summed E-state index contributed by atoms with van der Waals surface area (Å²) in [5.41, 5.74) is 1.79. The summed E-state index contributed by atoms with van der Waals surface area (Å²) in [5, 5.41) is 17.9. The van der Waals surface area contributed by atoms with Gasteiger partial charge in [-0.25, -0.2) is 0 Å². The highest BCUT2D eigenvalue weighted by Gasteiger charge is 2.15. The highest BCUT2D eigenvalue weighted by molar-refractivity contribution is 6.34. The normalized spacial score (nSPS) is 12.2. The molecule has 0 aliphatic heterocycles. The number of halogens is 2. The predicted molar refractivity (Wildman–Crippen MR) is 86.4 cm³/mol. The molecule has 1 aromatic carbocycles. The largest absolute Gasteiger partial charge is 0.387 e. The second-order valence-electron chi connectivity index (χ2n) is 4.92. The highest BCUT2D eigenvalue weighted by atomic mass is 35.5. The lowest BCUT2D eigenvalue weighted by atomic mass is 10.1. The van der Waals surface area contributed by atoms with E-state index in [0.717, 1.165) is 5.69 Å². The molecular weight excluding hydrogens is 325 g/mol. The maximum absolute atomic E-state index is 12.2. The van der Waals surface area contributed by atoms with Gasteiger partial charge in [0.05, 0.1) is 11.8 Å². The van der Waals surface area contributed by atoms with E-state index in [-0.39, 0.29) is 12.5 Å². The van der Waals surface area contributed by atoms with Gasteiger partial charge in [-0.05, 0) is 43.7 Å². The number of benzene rings is 1. The molecule has 0 fully saturated rings. The molecule has 0 aliphatic rings. The molecule has 0 unspecified atom stereocenters. The summed E-state index contributed by atoms with van der Waals surface area (Å²) in [6.07, 6.45) is -0.890. The number of hydrogen-bond acceptors (Lipinski definition) is 3. The predicted octanol–water partition coefficient (Wildman–Crippen LogP) is 2.98. The van der Waals surface area contributed by atoms with Crippen LogP contribution in [0.25, 0.3) is 0 Å². The Morgan fingerprint density at radius 3 is 2.55 bits per heavy atom. The fourth-order valence-corrected chi connectivity index (χ4v) is 2.68. The lowest BCUT2D eigenvalue weighted by molar-refractivity contribution is 0.0906. The number of nitrogens with one attached hydrogen (secondary N) is 1. The van der Waals surface area contributed by atoms with Crippen LogP contribution >= 0.6 is 23.2 Å². The maximum Gasteiger partial charge on any atom is 0.269 e. The zero-order valence-electron chi connectivity index (χ0n) is 12.3. The van der Waals surface area contributed by atoms with Gasteiger partial charge in [0.25, 0.3) is 5.91 Å². The van der Waals surface area contributed by atoms with Gasteiger partial charge in [0.2, 0.25) is 0 Å². The first-order valence-electron chi connectivity index (χ1n) is 6.87. The maximum atomic E-state index is 12.2. The van der Waals surface area contributed by atoms with Crippen molar-refractivity contribution in [3.63, 3.8) is 0 Å². The second kappa shape index (κ2) is 7.13. The van der Waals surface area contributed by atoms with Gasteiger partial charge in [-0.2, -0.15) is 5.10 Å². The first kappa shape index (κ1) is 16.8. The molecule has 0 saturated carbocycles. The standard InChI is InChI=1S/C15H17Cl2N3O2/c1-3-20-13(4-9(2)19-20)15(22)18-8-14(21)10-5-11(16)7-12(17)6-10/h4-7,14,21H,3,8H2,1-2H3,(H,18,22)/t14-/m1/s1. The van der Waals surface area contributed by atoms with Crippen molar-refractivity contribution in [3.8, 4) is 0 Å². The molecule has 7 heteroatoms. The molecule has 118 valence electrons. The van der Waals surface area contributed by atoms with Crippen molar-refractivity contribution in [2.45, 2.75) is 26.5 Å². The van der Waals surface area contributed by atoms with E-state index in [9.17, 15) is 9.90 Å². The summed E-state index contributed by atoms with van der Waals surface area (Å²) < 4.78 is 1.62. The first-order chi connectivity index (χ1) is 10.4. The number of carbonyl (C=O) groups is 1. The van der Waals surface area contributed by atoms with E-state index in [1.165, 1.54) is 0 Å². The summed E-state index contributed by atoms with van der Waals surface area (Å²) in [4.78, 5) is 12.2. The molecular formula is C15H17Cl2N3O2. The SMILES string of the molecule is CCn1nc(C)cc1C(=O)NC[C@@H](O)c1cc(Cl)cc(Cl)c1. The number of rotatable bonds is 5. The van der Waals surface area contributed by atoms with Gasteiger partial charge in [0.15, 0.2) is 0 Å². The number of amides is 1. The van der Waals surface area contributed by atoms with Crippen molar-refractivity contribution in [2.75, 3.05) is 6.54 Å². The topological polar surface area (TPSA) is 67.2 Å². The third-order valence-electron chi connectivity index (χ3n) is 3.16. The molecule has 22 heavy (non-hydrogen) atoms. The Hall–Kier alpha value is -1.56. The van der Waals surface area contributed by atoms with Crippen molar-refractivity contribution in [1.29, 1.82) is 0 Å². The number of aliphatic hydroxyl groups excluding tert-OH is 1. The van der Waals surface area contributed by atoms with E-state index in [4.69, 9.17) is 23.2 Å². The van der Waals surface area contributed by atoms with Gasteiger partial charge in [-0.1, -0.05) is 23.2 Å². The Labute approximate surface area is 138 Å². The number of aromatic nitrogens is 2. The Morgan fingerprint density at radius 2 is 1.95 bits per heavy atom. The monoisotopic (exact) mass is 341 g/mol. The number of carbonyl (C=O) groups excluding carboxylic acids is 1. The molecule has 0 radical (unpaired) electrons. The van der Waals surface area contributed by atoms with Crippen LogP contribution in [0.4, 0.5) is 0 Å². The number of hydrogen-bond donors (Lipinski definition) is 2. The molecule has 1 heterocycles. The van der Waals surface area contributed by atoms with Crippen LogP contribution in [0.15, 0.2) is 24.3 Å². The average molecular weight is 342 g/mol. The zero-order chi connectivity index (χ0) is 16.3. The Kier molecular flexibility index (Phi) is 5.45. The second-order valence-corrected chi connectivity index (χ2v) is 5.79. The number of aryl methyl sites for hydroxylation is 2. The minimum atomic E-state index is -0.890. The van der Waals surface area contributed by atoms with Crippen molar-refractivity contribution < 1.29 is 9.90 Å². The number of aliphatic hydroxyl groups is 1. The van der Waals surface area contributed by atoms with Crippen molar-refractivity contribution in [2.24, 2.45) is 0 Å². The summed E-state index contributed by atoms with van der Waals surface area (Å²) in [5.74, 6) is -0.283. The summed E-state index contributed by atoms with van der Waals surface area (Å²) in [7, 11) is 0. The molecule has 2 rings (SSSR count). The van der Waals surface area contributed by atoms with E-state index in [1.807, 2.05) is 13.8 Å². The van der Waals surface area contributed by atoms with Crippen LogP contribution in [0.3, 0.4) is 0 Å². The molecule has 1 aromatic heterocycles. The third-order valence-corrected chi connectivity index (χ3v) is 3.60. The van der Waals surface area contributed by atoms with Crippen molar-refractivity contribution in [3.05, 3.63) is 51.3 Å². The quantitative estimate of drug-likeness (QED) is 0.878. The van der Waals surface area contributed by atoms with Crippen LogP contribution in [-0.2, 0) is 6.54 Å². The minimum Gasteiger partial charge on any atom is -0.387 e. The fraction of sp³-hybridized carbons (Fsp3) is 0.333. The van der Waals surface area contributed by atoms with E-state index < -0.39 is 6.10 Å². The molecule has 0 saturated heterocycles. The van der Waals surface area contributed by atoms with E-state index in [2.05, 4.69) is 10.4 Å². The van der Waals surface area contributed by atoms with Crippen LogP contribution in [0.2, 0.25) is 10.0 Å². The zero-order valence-corrected chi connectivity index (χ0v) is 13.8. The Morgan fingerprint density at radius 1 is 1.32 bits per heavy atom. The molecule has 1 amide bonds. The van der Waals surface area contributed by atoms with Crippen LogP contribution in [-0.4, -0.2) is 27.3 Å². The third kappa shape index (κ3) is 4.00.